The van der Waals surface area contributed by atoms with Crippen LogP contribution in [-0.4, -0.2) is 5.91 Å². The Morgan fingerprint density at radius 2 is 1.78 bits per heavy atom. The van der Waals surface area contributed by atoms with E-state index in [1.54, 1.807) is 0 Å². The Kier molecular flexibility index (Phi) is 10.1. The highest BCUT2D eigenvalue weighted by atomic mass is 35.5. The zero-order chi connectivity index (χ0) is 12.1. The molecule has 0 saturated heterocycles. The van der Waals surface area contributed by atoms with Crippen molar-refractivity contribution in [2.75, 3.05) is 0 Å². The van der Waals surface area contributed by atoms with Gasteiger partial charge in [0.05, 0.1) is 0 Å². The quantitative estimate of drug-likeness (QED) is 0.880. The average molecular weight is 292 g/mol. The number of hydrogen-bond donors (Lipinski definition) is 1. The first kappa shape index (κ1) is 19.6. The molecule has 0 aliphatic carbocycles. The highest BCUT2D eigenvalue weighted by molar-refractivity contribution is 5.94. The number of amides is 1. The monoisotopic (exact) mass is 291 g/mol. The highest BCUT2D eigenvalue weighted by Gasteiger charge is 2.15. The summed E-state index contributed by atoms with van der Waals surface area (Å²) in [4.78, 5) is 11.3. The molecule has 0 aromatic heterocycles. The Morgan fingerprint density at radius 1 is 1.22 bits per heavy atom. The van der Waals surface area contributed by atoms with E-state index >= 15 is 0 Å². The van der Waals surface area contributed by atoms with Gasteiger partial charge in [-0.3, -0.25) is 4.79 Å². The van der Waals surface area contributed by atoms with Crippen LogP contribution in [-0.2, 0) is 6.42 Å². The molecule has 0 fully saturated rings. The van der Waals surface area contributed by atoms with E-state index in [1.165, 1.54) is 0 Å². The Balaban J connectivity index is 0. The van der Waals surface area contributed by atoms with Gasteiger partial charge in [-0.25, -0.2) is 0 Å². The van der Waals surface area contributed by atoms with Crippen molar-refractivity contribution in [2.45, 2.75) is 33.6 Å². The molecule has 0 heterocycles. The molecular weight excluding hydrogens is 269 g/mol. The zero-order valence-corrected chi connectivity index (χ0v) is 12.8. The number of benzene rings is 1. The van der Waals surface area contributed by atoms with Gasteiger partial charge in [-0.2, -0.15) is 0 Å². The molecule has 18 heavy (non-hydrogen) atoms. The van der Waals surface area contributed by atoms with Crippen LogP contribution in [0.3, 0.4) is 0 Å². The summed E-state index contributed by atoms with van der Waals surface area (Å²) < 4.78 is 0. The van der Waals surface area contributed by atoms with Gasteiger partial charge in [0, 0.05) is 5.56 Å². The number of hydrogen-bond acceptors (Lipinski definition) is 1. The second-order valence-corrected chi connectivity index (χ2v) is 4.64. The highest BCUT2D eigenvalue weighted by Crippen LogP contribution is 2.22. The second kappa shape index (κ2) is 9.23. The van der Waals surface area contributed by atoms with E-state index in [4.69, 9.17) is 5.73 Å². The maximum Gasteiger partial charge on any atom is 0.248 e. The number of carbonyl (C=O) groups is 1. The summed E-state index contributed by atoms with van der Waals surface area (Å²) in [5, 5.41) is 0. The third-order valence-corrected chi connectivity index (χ3v) is 3.23. The molecule has 0 spiro atoms. The summed E-state index contributed by atoms with van der Waals surface area (Å²) >= 11 is 0. The standard InChI is InChI=1S/C14H21NO.2ClH/c1-4-11(10(2)3)9-12-7-5-6-8-13(12)14(15)16;;/h5-8,10-11H,4,9H2,1-3H3,(H2,15,16);2*1H. The third kappa shape index (κ3) is 5.28. The molecule has 0 saturated carbocycles. The van der Waals surface area contributed by atoms with Crippen LogP contribution in [0.1, 0.15) is 43.1 Å². The first-order valence-electron chi connectivity index (χ1n) is 5.94. The molecule has 104 valence electrons. The Morgan fingerprint density at radius 3 is 2.22 bits per heavy atom. The molecule has 0 bridgehead atoms. The predicted octanol–water partition coefficient (Wildman–Crippen LogP) is 3.85. The fourth-order valence-electron chi connectivity index (χ4n) is 2.07. The van der Waals surface area contributed by atoms with Crippen LogP contribution in [0.5, 0.6) is 0 Å². The number of nitrogens with two attached hydrogens (primary N) is 1. The van der Waals surface area contributed by atoms with E-state index in [1.807, 2.05) is 24.3 Å². The second-order valence-electron chi connectivity index (χ2n) is 4.64. The maximum atomic E-state index is 11.3. The van der Waals surface area contributed by atoms with Crippen molar-refractivity contribution < 1.29 is 4.79 Å². The van der Waals surface area contributed by atoms with E-state index in [0.29, 0.717) is 17.4 Å². The van der Waals surface area contributed by atoms with Gasteiger partial charge in [0.25, 0.3) is 0 Å². The van der Waals surface area contributed by atoms with E-state index in [9.17, 15) is 4.79 Å². The Bertz CT molecular complexity index is 367. The van der Waals surface area contributed by atoms with E-state index in [2.05, 4.69) is 20.8 Å². The van der Waals surface area contributed by atoms with Gasteiger partial charge in [0.2, 0.25) is 5.91 Å². The molecule has 4 heteroatoms. The molecule has 0 aliphatic heterocycles. The van der Waals surface area contributed by atoms with Crippen LogP contribution in [0.2, 0.25) is 0 Å². The lowest BCUT2D eigenvalue weighted by Crippen LogP contribution is -2.17. The maximum absolute atomic E-state index is 11.3. The van der Waals surface area contributed by atoms with Gasteiger partial charge in [-0.05, 0) is 29.9 Å². The number of halogens is 2. The van der Waals surface area contributed by atoms with Gasteiger partial charge < -0.3 is 5.73 Å². The minimum absolute atomic E-state index is 0. The normalized spacial score (nSPS) is 11.3. The fraction of sp³-hybridized carbons (Fsp3) is 0.500. The van der Waals surface area contributed by atoms with Gasteiger partial charge >= 0.3 is 0 Å². The van der Waals surface area contributed by atoms with Crippen molar-refractivity contribution in [3.8, 4) is 0 Å². The zero-order valence-electron chi connectivity index (χ0n) is 11.2. The van der Waals surface area contributed by atoms with Crippen molar-refractivity contribution in [2.24, 2.45) is 17.6 Å². The number of carbonyl (C=O) groups excluding carboxylic acids is 1. The molecule has 2 nitrogen and oxygen atoms in total. The fourth-order valence-corrected chi connectivity index (χ4v) is 2.07. The first-order chi connectivity index (χ1) is 7.56. The van der Waals surface area contributed by atoms with Crippen molar-refractivity contribution >= 4 is 30.7 Å². The van der Waals surface area contributed by atoms with E-state index < -0.39 is 0 Å². The van der Waals surface area contributed by atoms with Crippen LogP contribution < -0.4 is 5.73 Å². The van der Waals surface area contributed by atoms with Gasteiger partial charge in [-0.1, -0.05) is 45.4 Å². The Labute approximate surface area is 122 Å². The summed E-state index contributed by atoms with van der Waals surface area (Å²) in [6.45, 7) is 6.64. The van der Waals surface area contributed by atoms with Crippen LogP contribution in [0.25, 0.3) is 0 Å². The summed E-state index contributed by atoms with van der Waals surface area (Å²) in [6.07, 6.45) is 2.07. The molecule has 1 rings (SSSR count). The number of rotatable bonds is 5. The predicted molar refractivity (Wildman–Crippen MR) is 81.8 cm³/mol. The lowest BCUT2D eigenvalue weighted by atomic mass is 9.86. The minimum atomic E-state index is -0.325. The summed E-state index contributed by atoms with van der Waals surface area (Å²) in [5.41, 5.74) is 7.12. The SMILES string of the molecule is CCC(Cc1ccccc1C(N)=O)C(C)C.Cl.Cl. The first-order valence-corrected chi connectivity index (χ1v) is 5.94. The number of primary amides is 1. The largest absolute Gasteiger partial charge is 0.366 e. The molecule has 1 aromatic carbocycles. The van der Waals surface area contributed by atoms with E-state index in [-0.39, 0.29) is 30.7 Å². The van der Waals surface area contributed by atoms with Crippen molar-refractivity contribution in [1.29, 1.82) is 0 Å². The molecule has 1 amide bonds. The lowest BCUT2D eigenvalue weighted by molar-refractivity contribution is 0.0999. The molecule has 1 atom stereocenters. The molecule has 1 aromatic rings. The minimum Gasteiger partial charge on any atom is -0.366 e. The van der Waals surface area contributed by atoms with Crippen LogP contribution in [0.4, 0.5) is 0 Å². The van der Waals surface area contributed by atoms with Crippen LogP contribution >= 0.6 is 24.8 Å². The molecule has 0 aliphatic rings. The van der Waals surface area contributed by atoms with Crippen LogP contribution in [0.15, 0.2) is 24.3 Å². The summed E-state index contributed by atoms with van der Waals surface area (Å²) in [7, 11) is 0. The van der Waals surface area contributed by atoms with Crippen molar-refractivity contribution in [3.63, 3.8) is 0 Å². The average Bonchev–Trinajstić information content (AvgIpc) is 2.25. The van der Waals surface area contributed by atoms with Crippen molar-refractivity contribution in [3.05, 3.63) is 35.4 Å². The third-order valence-electron chi connectivity index (χ3n) is 3.23. The molecule has 2 N–H and O–H groups in total. The van der Waals surface area contributed by atoms with Crippen LogP contribution in [0, 0.1) is 11.8 Å². The molecule has 1 unspecified atom stereocenters. The van der Waals surface area contributed by atoms with Gasteiger partial charge in [0.15, 0.2) is 0 Å². The topological polar surface area (TPSA) is 43.1 Å². The summed E-state index contributed by atoms with van der Waals surface area (Å²) in [5.74, 6) is 0.917. The summed E-state index contributed by atoms with van der Waals surface area (Å²) in [6, 6.07) is 7.64. The van der Waals surface area contributed by atoms with E-state index in [0.717, 1.165) is 18.4 Å². The Hall–Kier alpha value is -0.730. The van der Waals surface area contributed by atoms with Gasteiger partial charge in [-0.15, -0.1) is 24.8 Å². The lowest BCUT2D eigenvalue weighted by Gasteiger charge is -2.20. The van der Waals surface area contributed by atoms with Gasteiger partial charge in [0.1, 0.15) is 0 Å². The molecule has 0 radical (unpaired) electrons. The molecular formula is C14H23Cl2NO. The van der Waals surface area contributed by atoms with Crippen molar-refractivity contribution in [1.82, 2.24) is 0 Å². The smallest absolute Gasteiger partial charge is 0.248 e.